The van der Waals surface area contributed by atoms with E-state index in [0.29, 0.717) is 11.3 Å². The summed E-state index contributed by atoms with van der Waals surface area (Å²) in [5.74, 6) is -0.601. The molecular weight excluding hydrogens is 356 g/mol. The molecule has 0 spiro atoms. The van der Waals surface area contributed by atoms with E-state index in [1.807, 2.05) is 24.3 Å². The Hall–Kier alpha value is -2.31. The van der Waals surface area contributed by atoms with Crippen molar-refractivity contribution >= 4 is 20.1 Å². The Balaban J connectivity index is 1.94. The van der Waals surface area contributed by atoms with Gasteiger partial charge in [-0.25, -0.2) is 0 Å². The smallest absolute Gasteiger partial charge is 0.261 e. The van der Waals surface area contributed by atoms with Crippen molar-refractivity contribution in [2.24, 2.45) is 0 Å². The first-order valence-electron chi connectivity index (χ1n) is 9.15. The number of hydrogen-bond acceptors (Lipinski definition) is 4. The third-order valence-electron chi connectivity index (χ3n) is 5.50. The van der Waals surface area contributed by atoms with Crippen molar-refractivity contribution < 1.29 is 14.0 Å². The summed E-state index contributed by atoms with van der Waals surface area (Å²) in [7, 11) is -2.18. The molecular formula is C21H26N2O3Si. The van der Waals surface area contributed by atoms with E-state index in [1.165, 1.54) is 4.90 Å². The number of imide groups is 1. The van der Waals surface area contributed by atoms with Crippen LogP contribution in [0.25, 0.3) is 0 Å². The Labute approximate surface area is 161 Å². The largest absolute Gasteiger partial charge is 0.403 e. The van der Waals surface area contributed by atoms with Gasteiger partial charge < -0.3 is 4.43 Å². The number of β-lactam (4-membered cyclic amide) rings is 1. The molecule has 2 aromatic rings. The normalized spacial score (nSPS) is 20.3. The Morgan fingerprint density at radius 1 is 1.07 bits per heavy atom. The lowest BCUT2D eigenvalue weighted by Gasteiger charge is -2.49. The highest BCUT2D eigenvalue weighted by Crippen LogP contribution is 2.44. The lowest BCUT2D eigenvalue weighted by atomic mass is 9.93. The SMILES string of the molecule is CC(C)(C)[Si](C)(C)O[C@H]1C(=O)N(C(=O)c2ccccc2)[C@H]1c1ccccn1. The fraction of sp³-hybridized carbons (Fsp3) is 0.381. The molecule has 3 rings (SSSR count). The molecule has 1 aromatic heterocycles. The van der Waals surface area contributed by atoms with Gasteiger partial charge in [0.1, 0.15) is 6.04 Å². The van der Waals surface area contributed by atoms with Gasteiger partial charge in [-0.2, -0.15) is 0 Å². The minimum Gasteiger partial charge on any atom is -0.403 e. The van der Waals surface area contributed by atoms with Gasteiger partial charge in [0.15, 0.2) is 14.4 Å². The van der Waals surface area contributed by atoms with Gasteiger partial charge in [-0.1, -0.05) is 45.0 Å². The quantitative estimate of drug-likeness (QED) is 0.452. The number of nitrogens with zero attached hydrogens (tertiary/aromatic N) is 2. The summed E-state index contributed by atoms with van der Waals surface area (Å²) in [5, 5.41) is -0.0359. The van der Waals surface area contributed by atoms with E-state index in [-0.39, 0.29) is 16.9 Å². The molecule has 2 atom stereocenters. The van der Waals surface area contributed by atoms with Crippen LogP contribution in [-0.4, -0.2) is 36.1 Å². The molecule has 1 aliphatic rings. The van der Waals surface area contributed by atoms with Gasteiger partial charge in [-0.05, 0) is 42.4 Å². The summed E-state index contributed by atoms with van der Waals surface area (Å²) in [4.78, 5) is 31.6. The highest BCUT2D eigenvalue weighted by molar-refractivity contribution is 6.74. The number of rotatable bonds is 4. The van der Waals surface area contributed by atoms with Gasteiger partial charge in [0.2, 0.25) is 0 Å². The third kappa shape index (κ3) is 3.59. The van der Waals surface area contributed by atoms with Crippen LogP contribution in [0.3, 0.4) is 0 Å². The molecule has 1 aromatic carbocycles. The van der Waals surface area contributed by atoms with Crippen molar-refractivity contribution in [1.82, 2.24) is 9.88 Å². The zero-order chi connectivity index (χ0) is 19.8. The summed E-state index contributed by atoms with van der Waals surface area (Å²) in [6, 6.07) is 13.9. The van der Waals surface area contributed by atoms with Crippen molar-refractivity contribution in [3.63, 3.8) is 0 Å². The first kappa shape index (κ1) is 19.4. The summed E-state index contributed by atoms with van der Waals surface area (Å²) < 4.78 is 6.39. The lowest BCUT2D eigenvalue weighted by molar-refractivity contribution is -0.159. The van der Waals surface area contributed by atoms with Crippen LogP contribution in [0.4, 0.5) is 0 Å². The predicted molar refractivity (Wildman–Crippen MR) is 107 cm³/mol. The van der Waals surface area contributed by atoms with Crippen molar-refractivity contribution in [3.8, 4) is 0 Å². The maximum atomic E-state index is 13.0. The second kappa shape index (κ2) is 7.02. The molecule has 1 saturated heterocycles. The first-order valence-corrected chi connectivity index (χ1v) is 12.1. The fourth-order valence-electron chi connectivity index (χ4n) is 2.86. The van der Waals surface area contributed by atoms with Crippen LogP contribution in [0.5, 0.6) is 0 Å². The minimum absolute atomic E-state index is 0.0359. The second-order valence-corrected chi connectivity index (χ2v) is 13.1. The van der Waals surface area contributed by atoms with Crippen LogP contribution in [-0.2, 0) is 9.22 Å². The molecule has 0 saturated carbocycles. The third-order valence-corrected chi connectivity index (χ3v) is 9.96. The Morgan fingerprint density at radius 2 is 1.70 bits per heavy atom. The average Bonchev–Trinajstić information content (AvgIpc) is 2.64. The number of carbonyl (C=O) groups excluding carboxylic acids is 2. The number of amides is 2. The van der Waals surface area contributed by atoms with Crippen LogP contribution < -0.4 is 0 Å². The summed E-state index contributed by atoms with van der Waals surface area (Å²) in [6.45, 7) is 10.6. The predicted octanol–water partition coefficient (Wildman–Crippen LogP) is 4.20. The van der Waals surface area contributed by atoms with Gasteiger partial charge in [0.05, 0.1) is 5.69 Å². The molecule has 1 fully saturated rings. The maximum Gasteiger partial charge on any atom is 0.261 e. The molecule has 5 nitrogen and oxygen atoms in total. The highest BCUT2D eigenvalue weighted by atomic mass is 28.4. The molecule has 0 radical (unpaired) electrons. The fourth-order valence-corrected chi connectivity index (χ4v) is 4.07. The monoisotopic (exact) mass is 382 g/mol. The summed E-state index contributed by atoms with van der Waals surface area (Å²) >= 11 is 0. The number of carbonyl (C=O) groups is 2. The molecule has 6 heteroatoms. The van der Waals surface area contributed by atoms with Gasteiger partial charge in [-0.3, -0.25) is 19.5 Å². The Kier molecular flexibility index (Phi) is 5.05. The van der Waals surface area contributed by atoms with Crippen LogP contribution >= 0.6 is 0 Å². The van der Waals surface area contributed by atoms with E-state index in [9.17, 15) is 9.59 Å². The lowest BCUT2D eigenvalue weighted by Crippen LogP contribution is -2.65. The Bertz CT molecular complexity index is 832. The minimum atomic E-state index is -2.18. The van der Waals surface area contributed by atoms with E-state index in [0.717, 1.165) is 0 Å². The molecule has 0 bridgehead atoms. The van der Waals surface area contributed by atoms with Crippen molar-refractivity contribution in [2.75, 3.05) is 0 Å². The van der Waals surface area contributed by atoms with Crippen molar-refractivity contribution in [1.29, 1.82) is 0 Å². The zero-order valence-corrected chi connectivity index (χ0v) is 17.5. The van der Waals surface area contributed by atoms with Gasteiger partial charge in [0.25, 0.3) is 11.8 Å². The van der Waals surface area contributed by atoms with Crippen LogP contribution in [0.15, 0.2) is 54.7 Å². The van der Waals surface area contributed by atoms with Crippen LogP contribution in [0.2, 0.25) is 18.1 Å². The molecule has 0 N–H and O–H groups in total. The molecule has 27 heavy (non-hydrogen) atoms. The van der Waals surface area contributed by atoms with E-state index in [1.54, 1.807) is 30.5 Å². The van der Waals surface area contributed by atoms with Gasteiger partial charge >= 0.3 is 0 Å². The number of likely N-dealkylation sites (tertiary alicyclic amines) is 1. The molecule has 0 unspecified atom stereocenters. The molecule has 142 valence electrons. The number of pyridine rings is 1. The van der Waals surface area contributed by atoms with Crippen LogP contribution in [0, 0.1) is 0 Å². The first-order chi connectivity index (χ1) is 12.6. The maximum absolute atomic E-state index is 13.0. The van der Waals surface area contributed by atoms with Crippen molar-refractivity contribution in [3.05, 3.63) is 66.0 Å². The molecule has 1 aliphatic heterocycles. The van der Waals surface area contributed by atoms with Gasteiger partial charge in [-0.15, -0.1) is 0 Å². The molecule has 2 amide bonds. The average molecular weight is 383 g/mol. The van der Waals surface area contributed by atoms with Crippen molar-refractivity contribution in [2.45, 2.75) is 51.0 Å². The van der Waals surface area contributed by atoms with E-state index < -0.39 is 20.5 Å². The van der Waals surface area contributed by atoms with E-state index in [4.69, 9.17) is 4.43 Å². The zero-order valence-electron chi connectivity index (χ0n) is 16.5. The Morgan fingerprint density at radius 3 is 2.26 bits per heavy atom. The van der Waals surface area contributed by atoms with Crippen LogP contribution in [0.1, 0.15) is 42.9 Å². The number of benzene rings is 1. The summed E-state index contributed by atoms with van der Waals surface area (Å²) in [6.07, 6.45) is 1.00. The standard InChI is InChI=1S/C21H26N2O3Si/c1-21(2,3)27(4,5)26-18-17(16-13-9-10-14-22-16)23(20(18)25)19(24)15-11-7-6-8-12-15/h6-14,17-18H,1-5H3/t17-,18+/m0/s1. The van der Waals surface area contributed by atoms with E-state index in [2.05, 4.69) is 38.8 Å². The highest BCUT2D eigenvalue weighted by Gasteiger charge is 2.56. The summed E-state index contributed by atoms with van der Waals surface area (Å²) in [5.41, 5.74) is 1.16. The number of aromatic nitrogens is 1. The number of hydrogen-bond donors (Lipinski definition) is 0. The van der Waals surface area contributed by atoms with Gasteiger partial charge in [0, 0.05) is 11.8 Å². The topological polar surface area (TPSA) is 59.5 Å². The molecule has 0 aliphatic carbocycles. The van der Waals surface area contributed by atoms with E-state index >= 15 is 0 Å². The molecule has 2 heterocycles. The second-order valence-electron chi connectivity index (χ2n) is 8.38.